The van der Waals surface area contributed by atoms with Gasteiger partial charge in [-0.3, -0.25) is 4.98 Å². The molecule has 1 N–H and O–H groups in total. The van der Waals surface area contributed by atoms with Crippen molar-refractivity contribution in [2.75, 3.05) is 5.32 Å². The molecule has 1 aromatic carbocycles. The van der Waals surface area contributed by atoms with Crippen molar-refractivity contribution < 1.29 is 0 Å². The van der Waals surface area contributed by atoms with Crippen LogP contribution in [0.15, 0.2) is 49.1 Å². The van der Waals surface area contributed by atoms with Crippen molar-refractivity contribution in [3.8, 4) is 0 Å². The maximum Gasteiger partial charge on any atom is 0.0951 e. The molecule has 2 aromatic heterocycles. The summed E-state index contributed by atoms with van der Waals surface area (Å²) in [5, 5.41) is 4.67. The minimum atomic E-state index is 0.670. The number of pyridine rings is 1. The Labute approximate surface area is 117 Å². The van der Waals surface area contributed by atoms with Gasteiger partial charge in [-0.15, -0.1) is 0 Å². The van der Waals surface area contributed by atoms with E-state index in [1.807, 2.05) is 36.9 Å². The van der Waals surface area contributed by atoms with Gasteiger partial charge in [0.05, 0.1) is 24.1 Å². The molecule has 0 atom stereocenters. The fourth-order valence-electron chi connectivity index (χ4n) is 2.59. The van der Waals surface area contributed by atoms with Gasteiger partial charge in [0.15, 0.2) is 0 Å². The quantitative estimate of drug-likeness (QED) is 0.785. The molecule has 0 unspecified atom stereocenters. The monoisotopic (exact) mass is 264 g/mol. The van der Waals surface area contributed by atoms with Crippen LogP contribution >= 0.6 is 0 Å². The molecule has 0 spiro atoms. The van der Waals surface area contributed by atoms with Gasteiger partial charge in [0, 0.05) is 29.5 Å². The zero-order valence-corrected chi connectivity index (χ0v) is 11.2. The van der Waals surface area contributed by atoms with Crippen LogP contribution in [0.1, 0.15) is 24.6 Å². The van der Waals surface area contributed by atoms with Crippen molar-refractivity contribution in [1.29, 1.82) is 0 Å². The summed E-state index contributed by atoms with van der Waals surface area (Å²) in [6, 6.07) is 10.9. The lowest BCUT2D eigenvalue weighted by molar-refractivity contribution is 0.701. The number of hydrogen-bond acceptors (Lipinski definition) is 3. The summed E-state index contributed by atoms with van der Waals surface area (Å²) in [4.78, 5) is 8.65. The number of nitrogens with one attached hydrogen (secondary N) is 1. The highest BCUT2D eigenvalue weighted by Gasteiger charge is 2.24. The molecular weight excluding hydrogens is 248 g/mol. The van der Waals surface area contributed by atoms with E-state index in [9.17, 15) is 0 Å². The van der Waals surface area contributed by atoms with Gasteiger partial charge in [-0.2, -0.15) is 0 Å². The van der Waals surface area contributed by atoms with Crippen LogP contribution in [0.3, 0.4) is 0 Å². The van der Waals surface area contributed by atoms with Gasteiger partial charge in [0.25, 0.3) is 0 Å². The Bertz CT molecular complexity index is 738. The predicted molar refractivity (Wildman–Crippen MR) is 79.6 cm³/mol. The SMILES string of the molecule is c1cc(NCc2cncn2C2CC2)c2cccnc2c1. The smallest absolute Gasteiger partial charge is 0.0951 e. The summed E-state index contributed by atoms with van der Waals surface area (Å²) in [6.45, 7) is 0.796. The van der Waals surface area contributed by atoms with Crippen molar-refractivity contribution in [2.24, 2.45) is 0 Å². The molecular formula is C16H16N4. The Balaban J connectivity index is 1.60. The summed E-state index contributed by atoms with van der Waals surface area (Å²) < 4.78 is 2.29. The highest BCUT2D eigenvalue weighted by molar-refractivity contribution is 5.91. The maximum absolute atomic E-state index is 4.39. The largest absolute Gasteiger partial charge is 0.379 e. The summed E-state index contributed by atoms with van der Waals surface area (Å²) in [5.74, 6) is 0. The van der Waals surface area contributed by atoms with E-state index in [2.05, 4.69) is 32.0 Å². The van der Waals surface area contributed by atoms with Gasteiger partial charge in [0.2, 0.25) is 0 Å². The Hall–Kier alpha value is -2.36. The van der Waals surface area contributed by atoms with E-state index < -0.39 is 0 Å². The lowest BCUT2D eigenvalue weighted by Crippen LogP contribution is -2.06. The predicted octanol–water partition coefficient (Wildman–Crippen LogP) is 3.38. The Morgan fingerprint density at radius 2 is 2.15 bits per heavy atom. The first-order chi connectivity index (χ1) is 9.92. The normalized spacial score (nSPS) is 14.6. The second-order valence-electron chi connectivity index (χ2n) is 5.25. The zero-order chi connectivity index (χ0) is 13.4. The molecule has 1 aliphatic carbocycles. The Morgan fingerprint density at radius 1 is 1.20 bits per heavy atom. The van der Waals surface area contributed by atoms with Gasteiger partial charge >= 0.3 is 0 Å². The zero-order valence-electron chi connectivity index (χ0n) is 11.2. The van der Waals surface area contributed by atoms with Crippen LogP contribution in [0.2, 0.25) is 0 Å². The number of anilines is 1. The standard InChI is InChI=1S/C16H16N4/c1-4-15-14(3-2-8-18-15)16(5-1)19-10-13-9-17-11-20(13)12-6-7-12/h1-5,8-9,11-12,19H,6-7,10H2. The Morgan fingerprint density at radius 3 is 3.05 bits per heavy atom. The van der Waals surface area contributed by atoms with Crippen LogP contribution in [0.5, 0.6) is 0 Å². The van der Waals surface area contributed by atoms with E-state index in [0.717, 1.165) is 23.1 Å². The van der Waals surface area contributed by atoms with Gasteiger partial charge < -0.3 is 9.88 Å². The van der Waals surface area contributed by atoms with Gasteiger partial charge in [-0.1, -0.05) is 6.07 Å². The minimum Gasteiger partial charge on any atom is -0.379 e. The number of rotatable bonds is 4. The highest BCUT2D eigenvalue weighted by Crippen LogP contribution is 2.35. The number of nitrogens with zero attached hydrogens (tertiary/aromatic N) is 3. The van der Waals surface area contributed by atoms with Crippen LogP contribution in [0.4, 0.5) is 5.69 Å². The van der Waals surface area contributed by atoms with Crippen molar-refractivity contribution >= 4 is 16.6 Å². The lowest BCUT2D eigenvalue weighted by Gasteiger charge is -2.11. The molecule has 4 heteroatoms. The van der Waals surface area contributed by atoms with Crippen LogP contribution in [-0.2, 0) is 6.54 Å². The fraction of sp³-hybridized carbons (Fsp3) is 0.250. The van der Waals surface area contributed by atoms with Crippen molar-refractivity contribution in [3.05, 3.63) is 54.7 Å². The van der Waals surface area contributed by atoms with E-state index in [-0.39, 0.29) is 0 Å². The van der Waals surface area contributed by atoms with Crippen LogP contribution in [0, 0.1) is 0 Å². The van der Waals surface area contributed by atoms with E-state index in [1.54, 1.807) is 0 Å². The molecule has 0 amide bonds. The topological polar surface area (TPSA) is 42.7 Å². The lowest BCUT2D eigenvalue weighted by atomic mass is 10.2. The number of hydrogen-bond donors (Lipinski definition) is 1. The molecule has 0 aliphatic heterocycles. The van der Waals surface area contributed by atoms with E-state index in [1.165, 1.54) is 18.5 Å². The second-order valence-corrected chi connectivity index (χ2v) is 5.25. The molecule has 1 saturated carbocycles. The number of aromatic nitrogens is 3. The molecule has 4 rings (SSSR count). The molecule has 100 valence electrons. The van der Waals surface area contributed by atoms with E-state index in [4.69, 9.17) is 0 Å². The van der Waals surface area contributed by atoms with Crippen molar-refractivity contribution in [3.63, 3.8) is 0 Å². The number of benzene rings is 1. The molecule has 4 nitrogen and oxygen atoms in total. The summed E-state index contributed by atoms with van der Waals surface area (Å²) in [6.07, 6.45) is 8.28. The van der Waals surface area contributed by atoms with Crippen LogP contribution < -0.4 is 5.32 Å². The van der Waals surface area contributed by atoms with Gasteiger partial charge in [-0.25, -0.2) is 4.98 Å². The summed E-state index contributed by atoms with van der Waals surface area (Å²) in [7, 11) is 0. The van der Waals surface area contributed by atoms with Crippen molar-refractivity contribution in [1.82, 2.24) is 14.5 Å². The fourth-order valence-corrected chi connectivity index (χ4v) is 2.59. The van der Waals surface area contributed by atoms with E-state index in [0.29, 0.717) is 6.04 Å². The third-order valence-corrected chi connectivity index (χ3v) is 3.79. The first kappa shape index (κ1) is 11.5. The third kappa shape index (κ3) is 2.03. The second kappa shape index (κ2) is 4.63. The molecule has 20 heavy (non-hydrogen) atoms. The van der Waals surface area contributed by atoms with Crippen molar-refractivity contribution in [2.45, 2.75) is 25.4 Å². The highest BCUT2D eigenvalue weighted by atomic mass is 15.1. The first-order valence-electron chi connectivity index (χ1n) is 7.00. The molecule has 3 aromatic rings. The first-order valence-corrected chi connectivity index (χ1v) is 7.00. The van der Waals surface area contributed by atoms with E-state index >= 15 is 0 Å². The molecule has 1 aliphatic rings. The Kier molecular flexibility index (Phi) is 2.66. The summed E-state index contributed by atoms with van der Waals surface area (Å²) >= 11 is 0. The molecule has 0 radical (unpaired) electrons. The molecule has 0 saturated heterocycles. The average Bonchev–Trinajstić information content (AvgIpc) is 3.24. The molecule has 0 bridgehead atoms. The van der Waals surface area contributed by atoms with Crippen LogP contribution in [-0.4, -0.2) is 14.5 Å². The van der Waals surface area contributed by atoms with Crippen LogP contribution in [0.25, 0.3) is 10.9 Å². The molecule has 2 heterocycles. The number of fused-ring (bicyclic) bond motifs is 1. The van der Waals surface area contributed by atoms with Gasteiger partial charge in [-0.05, 0) is 37.1 Å². The van der Waals surface area contributed by atoms with Gasteiger partial charge in [0.1, 0.15) is 0 Å². The maximum atomic E-state index is 4.39. The summed E-state index contributed by atoms with van der Waals surface area (Å²) in [5.41, 5.74) is 3.39. The molecule has 1 fully saturated rings. The third-order valence-electron chi connectivity index (χ3n) is 3.79. The minimum absolute atomic E-state index is 0.670. The number of imidazole rings is 1. The average molecular weight is 264 g/mol.